The van der Waals surface area contributed by atoms with Crippen molar-refractivity contribution in [2.45, 2.75) is 37.1 Å². The molecule has 1 fully saturated rings. The van der Waals surface area contributed by atoms with E-state index in [0.717, 1.165) is 35.6 Å². The van der Waals surface area contributed by atoms with Crippen molar-refractivity contribution in [1.29, 1.82) is 0 Å². The van der Waals surface area contributed by atoms with Crippen molar-refractivity contribution in [3.05, 3.63) is 80.5 Å². The normalized spacial score (nSPS) is 14.8. The van der Waals surface area contributed by atoms with Crippen LogP contribution >= 0.6 is 0 Å². The lowest BCUT2D eigenvalue weighted by atomic mass is 10.1. The second-order valence-corrected chi connectivity index (χ2v) is 10.4. The first-order valence-electron chi connectivity index (χ1n) is 11.6. The number of H-pyrrole nitrogens is 1. The minimum atomic E-state index is -3.66. The van der Waals surface area contributed by atoms with E-state index in [0.29, 0.717) is 19.5 Å². The molecule has 0 spiro atoms. The second-order valence-electron chi connectivity index (χ2n) is 8.44. The molecule has 10 nitrogen and oxygen atoms in total. The Morgan fingerprint density at radius 3 is 2.50 bits per heavy atom. The quantitative estimate of drug-likeness (QED) is 0.445. The van der Waals surface area contributed by atoms with Crippen molar-refractivity contribution < 1.29 is 18.3 Å². The van der Waals surface area contributed by atoms with E-state index in [2.05, 4.69) is 9.98 Å². The maximum Gasteiger partial charge on any atom is 0.331 e. The van der Waals surface area contributed by atoms with Gasteiger partial charge in [-0.2, -0.15) is 4.31 Å². The third-order valence-corrected chi connectivity index (χ3v) is 8.01. The largest absolute Gasteiger partial charge is 0.494 e. The van der Waals surface area contributed by atoms with Crippen LogP contribution in [0.5, 0.6) is 11.6 Å². The number of hydrogen-bond donors (Lipinski definition) is 2. The summed E-state index contributed by atoms with van der Waals surface area (Å²) in [5.41, 5.74) is -0.490. The van der Waals surface area contributed by atoms with Crippen LogP contribution in [0.3, 0.4) is 0 Å². The summed E-state index contributed by atoms with van der Waals surface area (Å²) < 4.78 is 33.9. The lowest BCUT2D eigenvalue weighted by molar-refractivity contribution is 0.346. The van der Waals surface area contributed by atoms with E-state index in [4.69, 9.17) is 4.74 Å². The maximum absolute atomic E-state index is 13.0. The molecule has 0 radical (unpaired) electrons. The van der Waals surface area contributed by atoms with Gasteiger partial charge in [-0.05, 0) is 37.0 Å². The van der Waals surface area contributed by atoms with E-state index < -0.39 is 27.2 Å². The number of piperidine rings is 1. The lowest BCUT2D eigenvalue weighted by Crippen LogP contribution is -2.35. The van der Waals surface area contributed by atoms with Crippen molar-refractivity contribution in [2.75, 3.05) is 20.2 Å². The molecular formula is C25H28N4O6S. The molecule has 1 aliphatic heterocycles. The zero-order chi connectivity index (χ0) is 25.7. The van der Waals surface area contributed by atoms with Gasteiger partial charge in [0.25, 0.3) is 5.56 Å². The van der Waals surface area contributed by atoms with Crippen LogP contribution < -0.4 is 16.0 Å². The van der Waals surface area contributed by atoms with Gasteiger partial charge in [0.1, 0.15) is 17.0 Å². The number of aromatic hydroxyl groups is 1. The average molecular weight is 513 g/mol. The molecule has 1 aliphatic rings. The highest BCUT2D eigenvalue weighted by molar-refractivity contribution is 7.89. The number of aryl methyl sites for hydroxylation is 1. The van der Waals surface area contributed by atoms with Crippen molar-refractivity contribution in [1.82, 2.24) is 13.9 Å². The molecule has 3 aromatic rings. The van der Waals surface area contributed by atoms with Gasteiger partial charge in [-0.3, -0.25) is 19.3 Å². The lowest BCUT2D eigenvalue weighted by Gasteiger charge is -2.26. The molecule has 2 heterocycles. The van der Waals surface area contributed by atoms with Gasteiger partial charge in [0.05, 0.1) is 12.0 Å². The Balaban J connectivity index is 1.62. The highest BCUT2D eigenvalue weighted by atomic mass is 32.2. The number of nitrogens with zero attached hydrogens (tertiary/aromatic N) is 3. The molecule has 4 rings (SSSR count). The van der Waals surface area contributed by atoms with E-state index >= 15 is 0 Å². The second kappa shape index (κ2) is 10.9. The van der Waals surface area contributed by atoms with Gasteiger partial charge >= 0.3 is 5.69 Å². The van der Waals surface area contributed by atoms with Crippen LogP contribution in [0, 0.1) is 0 Å². The van der Waals surface area contributed by atoms with Crippen LogP contribution in [-0.2, 0) is 23.0 Å². The Bertz CT molecular complexity index is 1470. The van der Waals surface area contributed by atoms with E-state index in [9.17, 15) is 23.1 Å². The minimum absolute atomic E-state index is 0.0929. The third kappa shape index (κ3) is 5.42. The number of hydrogen-bond acceptors (Lipinski definition) is 7. The summed E-state index contributed by atoms with van der Waals surface area (Å²) in [5.74, 6) is -0.315. The Kier molecular flexibility index (Phi) is 7.70. The predicted molar refractivity (Wildman–Crippen MR) is 136 cm³/mol. The predicted octanol–water partition coefficient (Wildman–Crippen LogP) is 2.42. The molecule has 1 saturated heterocycles. The zero-order valence-electron chi connectivity index (χ0n) is 19.9. The highest BCUT2D eigenvalue weighted by Crippen LogP contribution is 2.32. The zero-order valence-corrected chi connectivity index (χ0v) is 20.7. The fourth-order valence-corrected chi connectivity index (χ4v) is 5.63. The molecule has 0 atom stereocenters. The first-order chi connectivity index (χ1) is 17.3. The summed E-state index contributed by atoms with van der Waals surface area (Å²) >= 11 is 0. The number of rotatable bonds is 8. The van der Waals surface area contributed by atoms with Crippen LogP contribution in [0.1, 0.15) is 30.4 Å². The number of nitrogens with one attached hydrogen (secondary N) is 1. The van der Waals surface area contributed by atoms with Crippen molar-refractivity contribution in [3.63, 3.8) is 0 Å². The van der Waals surface area contributed by atoms with Gasteiger partial charge in [0.15, 0.2) is 0 Å². The molecule has 0 bridgehead atoms. The van der Waals surface area contributed by atoms with E-state index in [1.807, 2.05) is 30.3 Å². The van der Waals surface area contributed by atoms with Crippen LogP contribution in [0.15, 0.2) is 68.0 Å². The van der Waals surface area contributed by atoms with Crippen molar-refractivity contribution >= 4 is 21.9 Å². The Morgan fingerprint density at radius 1 is 1.08 bits per heavy atom. The third-order valence-electron chi connectivity index (χ3n) is 6.11. The van der Waals surface area contributed by atoms with Crippen molar-refractivity contribution in [2.24, 2.45) is 4.99 Å². The Morgan fingerprint density at radius 2 is 1.81 bits per heavy atom. The van der Waals surface area contributed by atoms with E-state index in [-0.39, 0.29) is 28.4 Å². The van der Waals surface area contributed by atoms with E-state index in [1.54, 1.807) is 0 Å². The maximum atomic E-state index is 13.0. The standard InChI is InChI=1S/C25H28N4O6S/c1-35-22-16-19(36(33,34)28-13-6-3-7-14-28)10-11-21(22)26-17-20-23(30)27-25(32)29(24(20)31)15-12-18-8-4-2-5-9-18/h2,4-5,8-11,16-17,31H,3,6-7,12-15H2,1H3,(H,27,30,32). The number of aliphatic imine (C=N–C) groups is 1. The van der Waals surface area contributed by atoms with Gasteiger partial charge in [-0.15, -0.1) is 0 Å². The first-order valence-corrected chi connectivity index (χ1v) is 13.1. The number of benzene rings is 2. The van der Waals surface area contributed by atoms with Crippen LogP contribution in [0.4, 0.5) is 5.69 Å². The molecule has 0 saturated carbocycles. The molecule has 0 unspecified atom stereocenters. The Hall–Kier alpha value is -3.70. The highest BCUT2D eigenvalue weighted by Gasteiger charge is 2.26. The summed E-state index contributed by atoms with van der Waals surface area (Å²) in [6.45, 7) is 1.11. The molecule has 0 amide bonds. The number of sulfonamides is 1. The number of ether oxygens (including phenoxy) is 1. The SMILES string of the molecule is COc1cc(S(=O)(=O)N2CCCCC2)ccc1N=Cc1c(O)n(CCc2ccccc2)c(=O)[nH]c1=O. The molecule has 2 N–H and O–H groups in total. The van der Waals surface area contributed by atoms with Gasteiger partial charge in [0.2, 0.25) is 15.9 Å². The fourth-order valence-electron chi connectivity index (χ4n) is 4.10. The Labute approximate surface area is 208 Å². The molecular weight excluding hydrogens is 484 g/mol. The monoisotopic (exact) mass is 512 g/mol. The summed E-state index contributed by atoms with van der Waals surface area (Å²) in [6, 6.07) is 13.7. The van der Waals surface area contributed by atoms with Gasteiger partial charge in [-0.25, -0.2) is 13.2 Å². The van der Waals surface area contributed by atoms with Gasteiger partial charge in [0, 0.05) is 31.9 Å². The van der Waals surface area contributed by atoms with Crippen LogP contribution in [0.2, 0.25) is 0 Å². The molecule has 0 aliphatic carbocycles. The van der Waals surface area contributed by atoms with Crippen molar-refractivity contribution in [3.8, 4) is 11.6 Å². The number of methoxy groups -OCH3 is 1. The number of aromatic nitrogens is 2. The molecule has 190 valence electrons. The minimum Gasteiger partial charge on any atom is -0.494 e. The topological polar surface area (TPSA) is 134 Å². The summed E-state index contributed by atoms with van der Waals surface area (Å²) in [4.78, 5) is 31.2. The first kappa shape index (κ1) is 25.4. The molecule has 11 heteroatoms. The van der Waals surface area contributed by atoms with Crippen LogP contribution in [-0.4, -0.2) is 53.8 Å². The number of aromatic amines is 1. The average Bonchev–Trinajstić information content (AvgIpc) is 2.89. The summed E-state index contributed by atoms with van der Waals surface area (Å²) in [5, 5.41) is 10.7. The molecule has 2 aromatic carbocycles. The van der Waals surface area contributed by atoms with Gasteiger partial charge in [-0.1, -0.05) is 36.8 Å². The van der Waals surface area contributed by atoms with E-state index in [1.165, 1.54) is 29.6 Å². The summed E-state index contributed by atoms with van der Waals surface area (Å²) in [7, 11) is -2.27. The fraction of sp³-hybridized carbons (Fsp3) is 0.320. The summed E-state index contributed by atoms with van der Waals surface area (Å²) in [6.07, 6.45) is 4.25. The smallest absolute Gasteiger partial charge is 0.331 e. The molecule has 36 heavy (non-hydrogen) atoms. The van der Waals surface area contributed by atoms with Crippen LogP contribution in [0.25, 0.3) is 0 Å². The molecule has 1 aromatic heterocycles. The van der Waals surface area contributed by atoms with Gasteiger partial charge < -0.3 is 9.84 Å².